The second-order valence-corrected chi connectivity index (χ2v) is 5.96. The molecule has 106 valence electrons. The molecule has 20 heavy (non-hydrogen) atoms. The highest BCUT2D eigenvalue weighted by atomic mass is 19.2. The first-order valence-corrected chi connectivity index (χ1v) is 7.17. The van der Waals surface area contributed by atoms with Crippen molar-refractivity contribution in [3.63, 3.8) is 0 Å². The van der Waals surface area contributed by atoms with Crippen LogP contribution in [0.5, 0.6) is 5.75 Å². The summed E-state index contributed by atoms with van der Waals surface area (Å²) in [6.07, 6.45) is 4.59. The van der Waals surface area contributed by atoms with Crippen molar-refractivity contribution in [2.75, 3.05) is 0 Å². The zero-order chi connectivity index (χ0) is 14.3. The minimum Gasteiger partial charge on any atom is -0.505 e. The van der Waals surface area contributed by atoms with E-state index in [0.29, 0.717) is 11.3 Å². The van der Waals surface area contributed by atoms with Crippen molar-refractivity contribution in [1.82, 2.24) is 0 Å². The fourth-order valence-corrected chi connectivity index (χ4v) is 3.18. The molecule has 0 saturated heterocycles. The summed E-state index contributed by atoms with van der Waals surface area (Å²) in [5.74, 6) is -1.54. The van der Waals surface area contributed by atoms with E-state index in [0.717, 1.165) is 24.3 Å². The van der Waals surface area contributed by atoms with E-state index in [-0.39, 0.29) is 5.39 Å². The molecular formula is C17H18F2O. The molecule has 1 saturated carbocycles. The molecule has 0 heterocycles. The molecule has 1 N–H and O–H groups in total. The normalized spacial score (nSPS) is 23.1. The average Bonchev–Trinajstić information content (AvgIpc) is 2.46. The molecular weight excluding hydrogens is 258 g/mol. The van der Waals surface area contributed by atoms with Gasteiger partial charge in [-0.15, -0.1) is 0 Å². The van der Waals surface area contributed by atoms with E-state index in [4.69, 9.17) is 0 Å². The van der Waals surface area contributed by atoms with E-state index < -0.39 is 17.4 Å². The van der Waals surface area contributed by atoms with Gasteiger partial charge in [0.05, 0.1) is 0 Å². The van der Waals surface area contributed by atoms with Gasteiger partial charge in [0, 0.05) is 5.39 Å². The van der Waals surface area contributed by atoms with Gasteiger partial charge in [-0.3, -0.25) is 0 Å². The fraction of sp³-hybridized carbons (Fsp3) is 0.412. The maximum atomic E-state index is 13.9. The topological polar surface area (TPSA) is 20.2 Å². The van der Waals surface area contributed by atoms with E-state index in [9.17, 15) is 13.9 Å². The molecule has 0 atom stereocenters. The number of phenolic OH excluding ortho intramolecular Hbond substituents is 1. The highest BCUT2D eigenvalue weighted by molar-refractivity contribution is 5.85. The summed E-state index contributed by atoms with van der Waals surface area (Å²) in [5.41, 5.74) is 1.08. The molecule has 0 bridgehead atoms. The van der Waals surface area contributed by atoms with Crippen LogP contribution in [0.4, 0.5) is 8.78 Å². The molecule has 0 aliphatic heterocycles. The molecule has 1 fully saturated rings. The van der Waals surface area contributed by atoms with Crippen LogP contribution in [0.15, 0.2) is 24.3 Å². The van der Waals surface area contributed by atoms with Crippen molar-refractivity contribution in [2.45, 2.75) is 38.5 Å². The van der Waals surface area contributed by atoms with E-state index in [1.54, 1.807) is 12.1 Å². The van der Waals surface area contributed by atoms with Crippen molar-refractivity contribution in [3.05, 3.63) is 41.5 Å². The summed E-state index contributed by atoms with van der Waals surface area (Å²) < 4.78 is 27.4. The lowest BCUT2D eigenvalue weighted by atomic mass is 9.79. The second kappa shape index (κ2) is 5.04. The maximum absolute atomic E-state index is 13.9. The third kappa shape index (κ3) is 2.26. The minimum absolute atomic E-state index is 0.261. The van der Waals surface area contributed by atoms with E-state index in [1.165, 1.54) is 18.9 Å². The standard InChI is InChI=1S/C17H18F2O/c1-10-2-4-11(5-3-10)12-6-7-13-9-15(20)17(19)16(18)14(13)8-12/h6-11,20H,2-5H2,1H3. The van der Waals surface area contributed by atoms with E-state index >= 15 is 0 Å². The first-order chi connectivity index (χ1) is 9.56. The van der Waals surface area contributed by atoms with Gasteiger partial charge in [0.2, 0.25) is 5.82 Å². The van der Waals surface area contributed by atoms with E-state index in [2.05, 4.69) is 6.92 Å². The first kappa shape index (κ1) is 13.3. The van der Waals surface area contributed by atoms with Gasteiger partial charge in [0.15, 0.2) is 11.6 Å². The van der Waals surface area contributed by atoms with Gasteiger partial charge in [-0.05, 0) is 47.8 Å². The summed E-state index contributed by atoms with van der Waals surface area (Å²) in [7, 11) is 0. The third-order valence-corrected chi connectivity index (χ3v) is 4.51. The zero-order valence-corrected chi connectivity index (χ0v) is 11.5. The molecule has 1 aliphatic carbocycles. The number of rotatable bonds is 1. The highest BCUT2D eigenvalue weighted by Gasteiger charge is 2.21. The lowest BCUT2D eigenvalue weighted by Crippen LogP contribution is -2.10. The Morgan fingerprint density at radius 3 is 2.40 bits per heavy atom. The number of phenols is 1. The minimum atomic E-state index is -1.16. The van der Waals surface area contributed by atoms with Crippen molar-refractivity contribution in [2.24, 2.45) is 5.92 Å². The van der Waals surface area contributed by atoms with Gasteiger partial charge in [0.1, 0.15) is 0 Å². The van der Waals surface area contributed by atoms with Crippen LogP contribution in [0.25, 0.3) is 10.8 Å². The molecule has 0 amide bonds. The summed E-state index contributed by atoms with van der Waals surface area (Å²) in [6.45, 7) is 2.26. The van der Waals surface area contributed by atoms with Gasteiger partial charge in [-0.2, -0.15) is 4.39 Å². The van der Waals surface area contributed by atoms with Crippen LogP contribution in [-0.2, 0) is 0 Å². The number of hydrogen-bond acceptors (Lipinski definition) is 1. The van der Waals surface area contributed by atoms with Gasteiger partial charge >= 0.3 is 0 Å². The van der Waals surface area contributed by atoms with Crippen molar-refractivity contribution in [1.29, 1.82) is 0 Å². The van der Waals surface area contributed by atoms with Crippen LogP contribution in [0.1, 0.15) is 44.1 Å². The molecule has 3 rings (SSSR count). The molecule has 1 aliphatic rings. The van der Waals surface area contributed by atoms with Crippen LogP contribution in [-0.4, -0.2) is 5.11 Å². The largest absolute Gasteiger partial charge is 0.505 e. The van der Waals surface area contributed by atoms with Crippen LogP contribution < -0.4 is 0 Å². The molecule has 0 aromatic heterocycles. The Morgan fingerprint density at radius 2 is 1.70 bits per heavy atom. The molecule has 2 aromatic rings. The maximum Gasteiger partial charge on any atom is 0.201 e. The highest BCUT2D eigenvalue weighted by Crippen LogP contribution is 2.37. The summed E-state index contributed by atoms with van der Waals surface area (Å²) >= 11 is 0. The lowest BCUT2D eigenvalue weighted by molar-refractivity contribution is 0.348. The van der Waals surface area contributed by atoms with Gasteiger partial charge in [-0.1, -0.05) is 31.9 Å². The van der Waals surface area contributed by atoms with Gasteiger partial charge in [-0.25, -0.2) is 4.39 Å². The van der Waals surface area contributed by atoms with Gasteiger partial charge in [0.25, 0.3) is 0 Å². The van der Waals surface area contributed by atoms with Crippen LogP contribution >= 0.6 is 0 Å². The Balaban J connectivity index is 2.02. The predicted octanol–water partition coefficient (Wildman–Crippen LogP) is 5.12. The quantitative estimate of drug-likeness (QED) is 0.766. The SMILES string of the molecule is CC1CCC(c2ccc3cc(O)c(F)c(F)c3c2)CC1. The van der Waals surface area contributed by atoms with E-state index in [1.807, 2.05) is 6.07 Å². The Morgan fingerprint density at radius 1 is 1.00 bits per heavy atom. The molecule has 0 radical (unpaired) electrons. The molecule has 0 spiro atoms. The van der Waals surface area contributed by atoms with Crippen LogP contribution in [0, 0.1) is 17.6 Å². The Labute approximate surface area is 117 Å². The van der Waals surface area contributed by atoms with Crippen molar-refractivity contribution < 1.29 is 13.9 Å². The summed E-state index contributed by atoms with van der Waals surface area (Å²) in [4.78, 5) is 0. The summed E-state index contributed by atoms with van der Waals surface area (Å²) in [5, 5.41) is 10.1. The number of fused-ring (bicyclic) bond motifs is 1. The average molecular weight is 276 g/mol. The summed E-state index contributed by atoms with van der Waals surface area (Å²) in [6, 6.07) is 6.76. The Bertz CT molecular complexity index is 643. The van der Waals surface area contributed by atoms with Gasteiger partial charge < -0.3 is 5.11 Å². The number of benzene rings is 2. The molecule has 0 unspecified atom stereocenters. The molecule has 2 aromatic carbocycles. The molecule has 1 nitrogen and oxygen atoms in total. The Hall–Kier alpha value is -1.64. The van der Waals surface area contributed by atoms with Crippen LogP contribution in [0.2, 0.25) is 0 Å². The third-order valence-electron chi connectivity index (χ3n) is 4.51. The zero-order valence-electron chi connectivity index (χ0n) is 11.5. The van der Waals surface area contributed by atoms with Crippen molar-refractivity contribution in [3.8, 4) is 5.75 Å². The smallest absolute Gasteiger partial charge is 0.201 e. The van der Waals surface area contributed by atoms with Crippen LogP contribution in [0.3, 0.4) is 0 Å². The fourth-order valence-electron chi connectivity index (χ4n) is 3.18. The number of aromatic hydroxyl groups is 1. The first-order valence-electron chi connectivity index (χ1n) is 7.17. The second-order valence-electron chi connectivity index (χ2n) is 5.96. The van der Waals surface area contributed by atoms with Crippen molar-refractivity contribution >= 4 is 10.8 Å². The molecule has 3 heteroatoms. The number of halogens is 2. The lowest BCUT2D eigenvalue weighted by Gasteiger charge is -2.26. The Kier molecular flexibility index (Phi) is 3.36. The predicted molar refractivity (Wildman–Crippen MR) is 75.9 cm³/mol. The monoisotopic (exact) mass is 276 g/mol. The number of hydrogen-bond donors (Lipinski definition) is 1.